The van der Waals surface area contributed by atoms with E-state index in [-0.39, 0.29) is 5.75 Å². The molecule has 0 radical (unpaired) electrons. The van der Waals surface area contributed by atoms with E-state index in [1.165, 1.54) is 4.90 Å². The Morgan fingerprint density at radius 3 is 2.86 bits per heavy atom. The van der Waals surface area contributed by atoms with E-state index >= 15 is 0 Å². The lowest BCUT2D eigenvalue weighted by atomic mass is 10.1. The van der Waals surface area contributed by atoms with Crippen molar-refractivity contribution in [1.29, 1.82) is 0 Å². The van der Waals surface area contributed by atoms with Crippen LogP contribution in [0.4, 0.5) is 0 Å². The van der Waals surface area contributed by atoms with Crippen molar-refractivity contribution in [2.45, 2.75) is 13.5 Å². The van der Waals surface area contributed by atoms with Gasteiger partial charge >= 0.3 is 5.97 Å². The molecule has 0 unspecified atom stereocenters. The third-order valence-corrected chi connectivity index (χ3v) is 3.83. The first-order valence-electron chi connectivity index (χ1n) is 7.52. The van der Waals surface area contributed by atoms with Crippen LogP contribution in [0.3, 0.4) is 0 Å². The van der Waals surface area contributed by atoms with Crippen LogP contribution in [0, 0.1) is 0 Å². The fraction of sp³-hybridized carbons (Fsp3) is 0.438. The standard InChI is InChI=1S/C16H19NO5/c1-2-21-16(19)15-12-9-11(18)3-4-13(12)22-14(15)10-17-5-7-20-8-6-17/h3-4,9,18H,2,5-8,10H2,1H3/p+1. The number of fused-ring (bicyclic) bond motifs is 1. The molecule has 0 atom stereocenters. The van der Waals surface area contributed by atoms with E-state index in [4.69, 9.17) is 13.9 Å². The van der Waals surface area contributed by atoms with E-state index in [9.17, 15) is 9.90 Å². The number of quaternary nitrogens is 1. The summed E-state index contributed by atoms with van der Waals surface area (Å²) in [5, 5.41) is 10.3. The maximum absolute atomic E-state index is 12.3. The Hall–Kier alpha value is -2.05. The van der Waals surface area contributed by atoms with E-state index in [1.54, 1.807) is 25.1 Å². The molecule has 6 nitrogen and oxygen atoms in total. The Kier molecular flexibility index (Phi) is 4.31. The molecule has 22 heavy (non-hydrogen) atoms. The van der Waals surface area contributed by atoms with E-state index in [2.05, 4.69) is 0 Å². The van der Waals surface area contributed by atoms with Crippen molar-refractivity contribution < 1.29 is 28.7 Å². The number of hydrogen-bond acceptors (Lipinski definition) is 5. The third-order valence-electron chi connectivity index (χ3n) is 3.83. The second-order valence-electron chi connectivity index (χ2n) is 5.34. The molecule has 0 aliphatic carbocycles. The van der Waals surface area contributed by atoms with Crippen LogP contribution >= 0.6 is 0 Å². The number of nitrogens with one attached hydrogen (secondary N) is 1. The molecule has 118 valence electrons. The smallest absolute Gasteiger partial charge is 0.342 e. The van der Waals surface area contributed by atoms with Crippen LogP contribution in [-0.4, -0.2) is 44.0 Å². The molecule has 2 heterocycles. The quantitative estimate of drug-likeness (QED) is 0.815. The van der Waals surface area contributed by atoms with E-state index in [1.807, 2.05) is 0 Å². The van der Waals surface area contributed by atoms with Gasteiger partial charge in [0.15, 0.2) is 5.76 Å². The number of hydrogen-bond donors (Lipinski definition) is 2. The van der Waals surface area contributed by atoms with Crippen LogP contribution in [0.5, 0.6) is 5.75 Å². The van der Waals surface area contributed by atoms with Gasteiger partial charge in [-0.1, -0.05) is 0 Å². The Balaban J connectivity index is 1.99. The van der Waals surface area contributed by atoms with Crippen molar-refractivity contribution in [2.24, 2.45) is 0 Å². The molecule has 6 heteroatoms. The second-order valence-corrected chi connectivity index (χ2v) is 5.34. The monoisotopic (exact) mass is 306 g/mol. The highest BCUT2D eigenvalue weighted by Crippen LogP contribution is 2.29. The number of aromatic hydroxyl groups is 1. The zero-order valence-electron chi connectivity index (χ0n) is 12.6. The molecule has 1 aromatic heterocycles. The largest absolute Gasteiger partial charge is 0.508 e. The van der Waals surface area contributed by atoms with Crippen LogP contribution < -0.4 is 4.90 Å². The minimum absolute atomic E-state index is 0.101. The zero-order valence-corrected chi connectivity index (χ0v) is 12.6. The van der Waals surface area contributed by atoms with Crippen molar-refractivity contribution in [1.82, 2.24) is 0 Å². The summed E-state index contributed by atoms with van der Waals surface area (Å²) in [5.41, 5.74) is 1.01. The molecule has 1 aromatic carbocycles. The highest BCUT2D eigenvalue weighted by molar-refractivity contribution is 6.04. The Bertz CT molecular complexity index is 672. The molecule has 0 bridgehead atoms. The summed E-state index contributed by atoms with van der Waals surface area (Å²) >= 11 is 0. The van der Waals surface area contributed by atoms with Crippen molar-refractivity contribution >= 4 is 16.9 Å². The molecule has 2 aromatic rings. The molecular weight excluding hydrogens is 286 g/mol. The summed E-state index contributed by atoms with van der Waals surface area (Å²) in [7, 11) is 0. The lowest BCUT2D eigenvalue weighted by Crippen LogP contribution is -3.12. The SMILES string of the molecule is CCOC(=O)c1c(C[NH+]2CCOCC2)oc2ccc(O)cc12. The minimum Gasteiger partial charge on any atom is -0.508 e. The number of furan rings is 1. The average Bonchev–Trinajstić information content (AvgIpc) is 2.85. The molecule has 0 saturated carbocycles. The molecule has 0 spiro atoms. The number of rotatable bonds is 4. The number of ether oxygens (including phenoxy) is 2. The maximum Gasteiger partial charge on any atom is 0.342 e. The summed E-state index contributed by atoms with van der Waals surface area (Å²) in [6.45, 7) is 5.86. The predicted octanol–water partition coefficient (Wildman–Crippen LogP) is 0.730. The number of morpholine rings is 1. The highest BCUT2D eigenvalue weighted by atomic mass is 16.5. The number of carbonyl (C=O) groups excluding carboxylic acids is 1. The number of phenolic OH excluding ortho intramolecular Hbond substituents is 1. The van der Waals surface area contributed by atoms with Gasteiger partial charge in [0, 0.05) is 5.39 Å². The lowest BCUT2D eigenvalue weighted by Gasteiger charge is -2.23. The fourth-order valence-electron chi connectivity index (χ4n) is 2.75. The van der Waals surface area contributed by atoms with Gasteiger partial charge in [-0.15, -0.1) is 0 Å². The summed E-state index contributed by atoms with van der Waals surface area (Å²) < 4.78 is 16.4. The van der Waals surface area contributed by atoms with Crippen molar-refractivity contribution in [3.8, 4) is 5.75 Å². The number of carbonyl (C=O) groups is 1. The molecule has 1 saturated heterocycles. The van der Waals surface area contributed by atoms with Crippen molar-refractivity contribution in [3.63, 3.8) is 0 Å². The number of benzene rings is 1. The summed E-state index contributed by atoms with van der Waals surface area (Å²) in [4.78, 5) is 13.6. The number of phenols is 1. The molecule has 1 aliphatic rings. The first kappa shape index (κ1) is 14.9. The van der Waals surface area contributed by atoms with Gasteiger partial charge in [0.1, 0.15) is 36.5 Å². The van der Waals surface area contributed by atoms with E-state index < -0.39 is 5.97 Å². The molecule has 2 N–H and O–H groups in total. The minimum atomic E-state index is -0.408. The molecular formula is C16H20NO5+. The molecule has 3 rings (SSSR count). The molecule has 1 fully saturated rings. The fourth-order valence-corrected chi connectivity index (χ4v) is 2.75. The summed E-state index contributed by atoms with van der Waals surface area (Å²) in [5.74, 6) is 0.301. The zero-order chi connectivity index (χ0) is 15.5. The van der Waals surface area contributed by atoms with Crippen LogP contribution in [0.2, 0.25) is 0 Å². The van der Waals surface area contributed by atoms with Gasteiger partial charge in [0.05, 0.1) is 19.8 Å². The van der Waals surface area contributed by atoms with E-state index in [0.29, 0.717) is 48.7 Å². The average molecular weight is 306 g/mol. The van der Waals surface area contributed by atoms with Crippen LogP contribution in [0.25, 0.3) is 11.0 Å². The molecule has 0 amide bonds. The van der Waals surface area contributed by atoms with Gasteiger partial charge in [-0.25, -0.2) is 4.79 Å². The third kappa shape index (κ3) is 2.93. The Morgan fingerprint density at radius 1 is 1.36 bits per heavy atom. The summed E-state index contributed by atoms with van der Waals surface area (Å²) in [6.07, 6.45) is 0. The first-order chi connectivity index (χ1) is 10.7. The second kappa shape index (κ2) is 6.37. The lowest BCUT2D eigenvalue weighted by molar-refractivity contribution is -0.922. The van der Waals surface area contributed by atoms with Crippen molar-refractivity contribution in [2.75, 3.05) is 32.9 Å². The molecule has 1 aliphatic heterocycles. The van der Waals surface area contributed by atoms with E-state index in [0.717, 1.165) is 13.1 Å². The van der Waals surface area contributed by atoms with Gasteiger partial charge in [-0.3, -0.25) is 0 Å². The van der Waals surface area contributed by atoms with Crippen molar-refractivity contribution in [3.05, 3.63) is 29.5 Å². The van der Waals surface area contributed by atoms with Crippen LogP contribution in [-0.2, 0) is 16.0 Å². The van der Waals surface area contributed by atoms with Crippen LogP contribution in [0.15, 0.2) is 22.6 Å². The predicted molar refractivity (Wildman–Crippen MR) is 79.1 cm³/mol. The first-order valence-corrected chi connectivity index (χ1v) is 7.52. The van der Waals surface area contributed by atoms with Crippen LogP contribution in [0.1, 0.15) is 23.0 Å². The Morgan fingerprint density at radius 2 is 2.14 bits per heavy atom. The maximum atomic E-state index is 12.3. The van der Waals surface area contributed by atoms with Gasteiger partial charge < -0.3 is 23.9 Å². The normalized spacial score (nSPS) is 16.0. The topological polar surface area (TPSA) is 73.3 Å². The number of esters is 1. The van der Waals surface area contributed by atoms with Gasteiger partial charge in [0.2, 0.25) is 0 Å². The summed E-state index contributed by atoms with van der Waals surface area (Å²) in [6, 6.07) is 4.76. The Labute approximate surface area is 128 Å². The van der Waals surface area contributed by atoms with Gasteiger partial charge in [0.25, 0.3) is 0 Å². The highest BCUT2D eigenvalue weighted by Gasteiger charge is 2.26. The van der Waals surface area contributed by atoms with Gasteiger partial charge in [-0.2, -0.15) is 0 Å². The van der Waals surface area contributed by atoms with Gasteiger partial charge in [-0.05, 0) is 25.1 Å².